The van der Waals surface area contributed by atoms with Gasteiger partial charge in [-0.3, -0.25) is 0 Å². The molecule has 0 aliphatic carbocycles. The minimum Gasteiger partial charge on any atom is -0.391 e. The standard InChI is InChI=1S/C16H17F2NOS/c17-12-6-11(7-13(18)9-12)8-15(19)16(20)10-21-14-4-2-1-3-5-14/h1-7,9,15-16,20H,8,10,19H2/t15-,16+/m0/s1. The number of thioether (sulfide) groups is 1. The second-order valence-electron chi connectivity index (χ2n) is 4.84. The lowest BCUT2D eigenvalue weighted by Gasteiger charge is -2.18. The van der Waals surface area contributed by atoms with Gasteiger partial charge in [-0.25, -0.2) is 8.78 Å². The maximum absolute atomic E-state index is 13.1. The Labute approximate surface area is 127 Å². The van der Waals surface area contributed by atoms with E-state index in [4.69, 9.17) is 5.73 Å². The Morgan fingerprint density at radius 3 is 2.29 bits per heavy atom. The summed E-state index contributed by atoms with van der Waals surface area (Å²) in [6.45, 7) is 0. The highest BCUT2D eigenvalue weighted by Crippen LogP contribution is 2.19. The van der Waals surface area contributed by atoms with E-state index in [1.54, 1.807) is 0 Å². The van der Waals surface area contributed by atoms with E-state index in [1.165, 1.54) is 23.9 Å². The summed E-state index contributed by atoms with van der Waals surface area (Å²) in [7, 11) is 0. The summed E-state index contributed by atoms with van der Waals surface area (Å²) in [6, 6.07) is 12.4. The van der Waals surface area contributed by atoms with Crippen LogP contribution >= 0.6 is 11.8 Å². The van der Waals surface area contributed by atoms with Crippen LogP contribution in [0.25, 0.3) is 0 Å². The predicted octanol–water partition coefficient (Wildman–Crippen LogP) is 2.99. The highest BCUT2D eigenvalue weighted by Gasteiger charge is 2.16. The van der Waals surface area contributed by atoms with E-state index in [0.29, 0.717) is 11.3 Å². The van der Waals surface area contributed by atoms with E-state index in [2.05, 4.69) is 0 Å². The van der Waals surface area contributed by atoms with Crippen molar-refractivity contribution in [2.45, 2.75) is 23.5 Å². The SMILES string of the molecule is N[C@@H](Cc1cc(F)cc(F)c1)[C@H](O)CSc1ccccc1. The van der Waals surface area contributed by atoms with Gasteiger partial charge in [-0.05, 0) is 36.2 Å². The number of aliphatic hydroxyl groups is 1. The van der Waals surface area contributed by atoms with Crippen LogP contribution in [0.1, 0.15) is 5.56 Å². The summed E-state index contributed by atoms with van der Waals surface area (Å²) in [5.74, 6) is -0.834. The summed E-state index contributed by atoms with van der Waals surface area (Å²) in [5.41, 5.74) is 6.35. The van der Waals surface area contributed by atoms with Crippen molar-refractivity contribution < 1.29 is 13.9 Å². The number of hydrogen-bond acceptors (Lipinski definition) is 3. The molecule has 2 aromatic rings. The van der Waals surface area contributed by atoms with Gasteiger partial charge in [-0.15, -0.1) is 11.8 Å². The van der Waals surface area contributed by atoms with E-state index < -0.39 is 23.8 Å². The molecule has 2 atom stereocenters. The van der Waals surface area contributed by atoms with Gasteiger partial charge in [-0.2, -0.15) is 0 Å². The molecule has 5 heteroatoms. The normalized spacial score (nSPS) is 13.9. The highest BCUT2D eigenvalue weighted by molar-refractivity contribution is 7.99. The topological polar surface area (TPSA) is 46.2 Å². The van der Waals surface area contributed by atoms with Crippen molar-refractivity contribution in [3.63, 3.8) is 0 Å². The molecule has 0 spiro atoms. The van der Waals surface area contributed by atoms with E-state index in [9.17, 15) is 13.9 Å². The van der Waals surface area contributed by atoms with E-state index in [0.717, 1.165) is 11.0 Å². The molecule has 2 rings (SSSR count). The molecular formula is C16H17F2NOS. The average Bonchev–Trinajstić information content (AvgIpc) is 2.44. The van der Waals surface area contributed by atoms with Crippen molar-refractivity contribution in [2.75, 3.05) is 5.75 Å². The van der Waals surface area contributed by atoms with Crippen LogP contribution in [0.2, 0.25) is 0 Å². The van der Waals surface area contributed by atoms with Gasteiger partial charge in [-0.1, -0.05) is 18.2 Å². The molecule has 0 fully saturated rings. The van der Waals surface area contributed by atoms with Crippen molar-refractivity contribution in [1.29, 1.82) is 0 Å². The molecule has 0 heterocycles. The minimum atomic E-state index is -0.749. The molecule has 112 valence electrons. The summed E-state index contributed by atoms with van der Waals surface area (Å²) >= 11 is 1.50. The molecule has 0 saturated heterocycles. The molecule has 3 N–H and O–H groups in total. The second-order valence-corrected chi connectivity index (χ2v) is 5.93. The van der Waals surface area contributed by atoms with Crippen LogP contribution in [0.3, 0.4) is 0 Å². The maximum atomic E-state index is 13.1. The summed E-state index contributed by atoms with van der Waals surface area (Å²) in [6.07, 6.45) is -0.521. The zero-order chi connectivity index (χ0) is 15.2. The minimum absolute atomic E-state index is 0.227. The summed E-state index contributed by atoms with van der Waals surface area (Å²) in [5, 5.41) is 10.0. The number of aliphatic hydroxyl groups excluding tert-OH is 1. The monoisotopic (exact) mass is 309 g/mol. The van der Waals surface area contributed by atoms with Gasteiger partial charge >= 0.3 is 0 Å². The zero-order valence-corrected chi connectivity index (χ0v) is 12.2. The van der Waals surface area contributed by atoms with Gasteiger partial charge in [0.1, 0.15) is 11.6 Å². The Morgan fingerprint density at radius 1 is 1.05 bits per heavy atom. The van der Waals surface area contributed by atoms with Crippen molar-refractivity contribution in [3.8, 4) is 0 Å². The lowest BCUT2D eigenvalue weighted by Crippen LogP contribution is -2.38. The third kappa shape index (κ3) is 5.12. The Bertz CT molecular complexity index is 559. The molecule has 0 radical (unpaired) electrons. The number of halogens is 2. The van der Waals surface area contributed by atoms with Crippen molar-refractivity contribution in [3.05, 3.63) is 65.7 Å². The number of benzene rings is 2. The number of nitrogens with two attached hydrogens (primary N) is 1. The van der Waals surface area contributed by atoms with Crippen molar-refractivity contribution in [2.24, 2.45) is 5.73 Å². The van der Waals surface area contributed by atoms with Crippen LogP contribution in [0, 0.1) is 11.6 Å². The third-order valence-corrected chi connectivity index (χ3v) is 4.17. The first kappa shape index (κ1) is 15.9. The summed E-state index contributed by atoms with van der Waals surface area (Å²) in [4.78, 5) is 1.04. The predicted molar refractivity (Wildman–Crippen MR) is 81.2 cm³/mol. The largest absolute Gasteiger partial charge is 0.391 e. The Morgan fingerprint density at radius 2 is 1.67 bits per heavy atom. The molecule has 0 saturated carbocycles. The second kappa shape index (κ2) is 7.54. The van der Waals surface area contributed by atoms with Gasteiger partial charge in [0.05, 0.1) is 6.10 Å². The fraction of sp³-hybridized carbons (Fsp3) is 0.250. The Balaban J connectivity index is 1.88. The van der Waals surface area contributed by atoms with Gasteiger partial charge in [0.15, 0.2) is 0 Å². The lowest BCUT2D eigenvalue weighted by atomic mass is 10.0. The average molecular weight is 309 g/mol. The van der Waals surface area contributed by atoms with Crippen LogP contribution in [0.5, 0.6) is 0 Å². The zero-order valence-electron chi connectivity index (χ0n) is 11.4. The van der Waals surface area contributed by atoms with Gasteiger partial charge < -0.3 is 10.8 Å². The van der Waals surface area contributed by atoms with Crippen molar-refractivity contribution in [1.82, 2.24) is 0 Å². The molecule has 21 heavy (non-hydrogen) atoms. The van der Waals surface area contributed by atoms with E-state index in [-0.39, 0.29) is 6.42 Å². The molecule has 2 aromatic carbocycles. The molecule has 0 aliphatic heterocycles. The van der Waals surface area contributed by atoms with Gasteiger partial charge in [0.25, 0.3) is 0 Å². The molecule has 0 unspecified atom stereocenters. The lowest BCUT2D eigenvalue weighted by molar-refractivity contribution is 0.167. The molecular weight excluding hydrogens is 292 g/mol. The van der Waals surface area contributed by atoms with Crippen LogP contribution in [-0.4, -0.2) is 23.0 Å². The van der Waals surface area contributed by atoms with Crippen LogP contribution in [-0.2, 0) is 6.42 Å². The number of hydrogen-bond donors (Lipinski definition) is 2. The van der Waals surface area contributed by atoms with Crippen LogP contribution in [0.15, 0.2) is 53.4 Å². The molecule has 0 bridgehead atoms. The number of rotatable bonds is 6. The Hall–Kier alpha value is -1.43. The quantitative estimate of drug-likeness (QED) is 0.806. The fourth-order valence-corrected chi connectivity index (χ4v) is 2.92. The fourth-order valence-electron chi connectivity index (χ4n) is 1.96. The maximum Gasteiger partial charge on any atom is 0.126 e. The molecule has 0 aliphatic rings. The van der Waals surface area contributed by atoms with E-state index in [1.807, 2.05) is 30.3 Å². The summed E-state index contributed by atoms with van der Waals surface area (Å²) < 4.78 is 26.2. The first-order valence-corrected chi connectivity index (χ1v) is 7.59. The molecule has 0 aromatic heterocycles. The van der Waals surface area contributed by atoms with Gasteiger partial charge in [0, 0.05) is 22.8 Å². The first-order chi connectivity index (χ1) is 10.0. The van der Waals surface area contributed by atoms with Crippen LogP contribution in [0.4, 0.5) is 8.78 Å². The molecule has 2 nitrogen and oxygen atoms in total. The van der Waals surface area contributed by atoms with Crippen molar-refractivity contribution >= 4 is 11.8 Å². The first-order valence-electron chi connectivity index (χ1n) is 6.61. The van der Waals surface area contributed by atoms with Gasteiger partial charge in [0.2, 0.25) is 0 Å². The smallest absolute Gasteiger partial charge is 0.126 e. The third-order valence-electron chi connectivity index (χ3n) is 3.05. The highest BCUT2D eigenvalue weighted by atomic mass is 32.2. The molecule has 0 amide bonds. The Kier molecular flexibility index (Phi) is 5.73. The van der Waals surface area contributed by atoms with Crippen LogP contribution < -0.4 is 5.73 Å². The van der Waals surface area contributed by atoms with E-state index >= 15 is 0 Å².